The second-order valence-corrected chi connectivity index (χ2v) is 5.63. The molecule has 0 unspecified atom stereocenters. The van der Waals surface area contributed by atoms with Gasteiger partial charge in [0.05, 0.1) is 32.5 Å². The molecular formula is C17H18N8O. The maximum Gasteiger partial charge on any atom is 0.273 e. The lowest BCUT2D eigenvalue weighted by molar-refractivity contribution is 0.0958. The van der Waals surface area contributed by atoms with Crippen LogP contribution in [-0.4, -0.2) is 45.1 Å². The number of amides is 1. The third-order valence-electron chi connectivity index (χ3n) is 3.93. The van der Waals surface area contributed by atoms with Gasteiger partial charge in [0, 0.05) is 30.7 Å². The van der Waals surface area contributed by atoms with Gasteiger partial charge in [-0.15, -0.1) is 5.10 Å². The van der Waals surface area contributed by atoms with E-state index in [9.17, 15) is 4.79 Å². The van der Waals surface area contributed by atoms with Crippen molar-refractivity contribution < 1.29 is 11.6 Å². The number of fused-ring (bicyclic) bond motifs is 3. The zero-order valence-corrected chi connectivity index (χ0v) is 14.0. The Labute approximate surface area is 157 Å². The molecule has 0 bridgehead atoms. The van der Waals surface area contributed by atoms with E-state index in [1.54, 1.807) is 32.3 Å². The molecule has 2 N–H and O–H groups in total. The molecule has 0 saturated heterocycles. The van der Waals surface area contributed by atoms with Gasteiger partial charge in [-0.3, -0.25) is 4.79 Å². The van der Waals surface area contributed by atoms with E-state index >= 15 is 0 Å². The zero-order chi connectivity index (χ0) is 22.6. The summed E-state index contributed by atoms with van der Waals surface area (Å²) in [4.78, 5) is 15.1. The van der Waals surface area contributed by atoms with Crippen LogP contribution in [0.4, 0.5) is 17.1 Å². The van der Waals surface area contributed by atoms with Crippen molar-refractivity contribution in [1.29, 1.82) is 0 Å². The summed E-state index contributed by atoms with van der Waals surface area (Å²) in [6.07, 6.45) is 1.35. The summed E-state index contributed by atoms with van der Waals surface area (Å²) in [6.45, 7) is -4.62. The molecule has 9 nitrogen and oxygen atoms in total. The SMILES string of the molecule is [2H]C([2H])([2H])NC(=O)c1nnccc1Nc1cccc2c1N(C)C([2H])([2H])c1nn(C)nc1-2. The van der Waals surface area contributed by atoms with Crippen LogP contribution in [0.3, 0.4) is 0 Å². The maximum atomic E-state index is 12.4. The number of carbonyl (C=O) groups is 1. The van der Waals surface area contributed by atoms with Crippen LogP contribution < -0.4 is 15.5 Å². The van der Waals surface area contributed by atoms with Crippen molar-refractivity contribution >= 4 is 23.0 Å². The maximum absolute atomic E-state index is 12.4. The molecule has 0 spiro atoms. The number of nitrogens with one attached hydrogen (secondary N) is 2. The van der Waals surface area contributed by atoms with Crippen molar-refractivity contribution in [3.63, 3.8) is 0 Å². The number of carbonyl (C=O) groups excluding carboxylic acids is 1. The molecule has 0 aliphatic carbocycles. The van der Waals surface area contributed by atoms with Crippen LogP contribution in [0.5, 0.6) is 0 Å². The molecule has 1 aromatic carbocycles. The summed E-state index contributed by atoms with van der Waals surface area (Å²) in [5.74, 6) is -0.916. The lowest BCUT2D eigenvalue weighted by atomic mass is 10.0. The fourth-order valence-corrected chi connectivity index (χ4v) is 2.88. The van der Waals surface area contributed by atoms with Gasteiger partial charge in [0.2, 0.25) is 0 Å². The first kappa shape index (κ1) is 11.2. The third-order valence-corrected chi connectivity index (χ3v) is 3.93. The first-order valence-corrected chi connectivity index (χ1v) is 7.69. The van der Waals surface area contributed by atoms with Crippen molar-refractivity contribution in [2.45, 2.75) is 6.50 Å². The van der Waals surface area contributed by atoms with Crippen LogP contribution >= 0.6 is 0 Å². The second-order valence-electron chi connectivity index (χ2n) is 5.63. The number of benzene rings is 1. The smallest absolute Gasteiger partial charge is 0.273 e. The number of aromatic nitrogens is 5. The van der Waals surface area contributed by atoms with Gasteiger partial charge in [0.1, 0.15) is 11.4 Å². The summed E-state index contributed by atoms with van der Waals surface area (Å²) >= 11 is 0. The van der Waals surface area contributed by atoms with Crippen LogP contribution in [0.25, 0.3) is 11.3 Å². The van der Waals surface area contributed by atoms with Gasteiger partial charge >= 0.3 is 0 Å². The highest BCUT2D eigenvalue weighted by Crippen LogP contribution is 2.42. The lowest BCUT2D eigenvalue weighted by Gasteiger charge is -2.28. The second kappa shape index (κ2) is 6.10. The summed E-state index contributed by atoms with van der Waals surface area (Å²) in [6, 6.07) is 6.74. The predicted molar refractivity (Wildman–Crippen MR) is 97.3 cm³/mol. The first-order chi connectivity index (χ1) is 14.5. The number of hydrogen-bond donors (Lipinski definition) is 2. The largest absolute Gasteiger partial charge is 0.366 e. The van der Waals surface area contributed by atoms with Crippen molar-refractivity contribution in [3.05, 3.63) is 41.9 Å². The molecule has 26 heavy (non-hydrogen) atoms. The summed E-state index contributed by atoms with van der Waals surface area (Å²) in [7, 11) is 3.21. The van der Waals surface area contributed by atoms with Gasteiger partial charge in [0.15, 0.2) is 5.69 Å². The van der Waals surface area contributed by atoms with Crippen LogP contribution in [0.1, 0.15) is 23.0 Å². The molecule has 9 heteroatoms. The molecule has 1 aliphatic heterocycles. The van der Waals surface area contributed by atoms with Gasteiger partial charge in [-0.05, 0) is 12.1 Å². The lowest BCUT2D eigenvalue weighted by Crippen LogP contribution is -2.24. The van der Waals surface area contributed by atoms with Crippen molar-refractivity contribution in [1.82, 2.24) is 30.5 Å². The van der Waals surface area contributed by atoms with Crippen molar-refractivity contribution in [2.24, 2.45) is 7.05 Å². The van der Waals surface area contributed by atoms with Crippen LogP contribution in [0.2, 0.25) is 0 Å². The predicted octanol–water partition coefficient (Wildman–Crippen LogP) is 1.33. The average Bonchev–Trinajstić information content (AvgIpc) is 3.08. The number of para-hydroxylation sites is 1. The monoisotopic (exact) mass is 355 g/mol. The molecule has 132 valence electrons. The van der Waals surface area contributed by atoms with Gasteiger partial charge in [-0.2, -0.15) is 20.1 Å². The molecule has 0 atom stereocenters. The van der Waals surface area contributed by atoms with Crippen molar-refractivity contribution in [3.8, 4) is 11.3 Å². The fourth-order valence-electron chi connectivity index (χ4n) is 2.88. The van der Waals surface area contributed by atoms with Gasteiger partial charge < -0.3 is 15.5 Å². The summed E-state index contributed by atoms with van der Waals surface area (Å²) in [5.41, 5.74) is 2.24. The van der Waals surface area contributed by atoms with E-state index in [0.29, 0.717) is 22.6 Å². The Morgan fingerprint density at radius 1 is 1.27 bits per heavy atom. The Morgan fingerprint density at radius 3 is 3.00 bits per heavy atom. The molecule has 0 radical (unpaired) electrons. The third kappa shape index (κ3) is 2.53. The van der Waals surface area contributed by atoms with Crippen LogP contribution in [0.15, 0.2) is 30.5 Å². The van der Waals surface area contributed by atoms with E-state index in [2.05, 4.69) is 25.7 Å². The quantitative estimate of drug-likeness (QED) is 0.731. The molecular weight excluding hydrogens is 332 g/mol. The highest BCUT2D eigenvalue weighted by atomic mass is 16.1. The number of hydrogen-bond acceptors (Lipinski definition) is 7. The van der Waals surface area contributed by atoms with E-state index < -0.39 is 19.4 Å². The Kier molecular flexibility index (Phi) is 2.63. The van der Waals surface area contributed by atoms with Gasteiger partial charge in [-0.25, -0.2) is 0 Å². The molecule has 0 fully saturated rings. The zero-order valence-electron chi connectivity index (χ0n) is 19.0. The Hall–Kier alpha value is -3.49. The van der Waals surface area contributed by atoms with E-state index in [-0.39, 0.29) is 17.1 Å². The normalized spacial score (nSPS) is 17.6. The topological polar surface area (TPSA) is 101 Å². The minimum Gasteiger partial charge on any atom is -0.366 e. The Morgan fingerprint density at radius 2 is 2.15 bits per heavy atom. The fraction of sp³-hybridized carbons (Fsp3) is 0.235. The van der Waals surface area contributed by atoms with E-state index in [0.717, 1.165) is 0 Å². The molecule has 1 amide bonds. The minimum atomic E-state index is -2.68. The van der Waals surface area contributed by atoms with Crippen LogP contribution in [0, 0.1) is 0 Å². The summed E-state index contributed by atoms with van der Waals surface area (Å²) < 4.78 is 38.8. The number of aryl methyl sites for hydroxylation is 1. The average molecular weight is 355 g/mol. The first-order valence-electron chi connectivity index (χ1n) is 10.2. The standard InChI is InChI=1S/C17H18N8O/c1-18-17(26)15-11(7-8-19-21-15)20-12-6-4-5-10-14-13(22-25(3)23-14)9-24(2)16(10)12/h4-8H,9H2,1-3H3,(H,18,26)(H,19,20)/i1D3,9D2. The number of rotatable bonds is 3. The van der Waals surface area contributed by atoms with Crippen LogP contribution in [-0.2, 0) is 13.5 Å². The van der Waals surface area contributed by atoms with E-state index in [1.165, 1.54) is 22.0 Å². The molecule has 4 rings (SSSR count). The highest BCUT2D eigenvalue weighted by molar-refractivity contribution is 5.99. The van der Waals surface area contributed by atoms with E-state index in [4.69, 9.17) is 6.85 Å². The minimum absolute atomic E-state index is 0.200. The molecule has 3 heterocycles. The van der Waals surface area contributed by atoms with E-state index in [1.807, 2.05) is 5.32 Å². The molecule has 0 saturated carbocycles. The summed E-state index contributed by atoms with van der Waals surface area (Å²) in [5, 5.41) is 20.9. The van der Waals surface area contributed by atoms with Crippen molar-refractivity contribution in [2.75, 3.05) is 24.2 Å². The van der Waals surface area contributed by atoms with Gasteiger partial charge in [0.25, 0.3) is 5.91 Å². The number of anilines is 3. The Balaban J connectivity index is 1.80. The number of nitrogens with zero attached hydrogens (tertiary/aromatic N) is 6. The highest BCUT2D eigenvalue weighted by Gasteiger charge is 2.26. The molecule has 1 aliphatic rings. The molecule has 2 aromatic heterocycles. The molecule has 3 aromatic rings. The van der Waals surface area contributed by atoms with Gasteiger partial charge in [-0.1, -0.05) is 12.1 Å². The Bertz CT molecular complexity index is 1180.